The van der Waals surface area contributed by atoms with Crippen molar-refractivity contribution in [3.63, 3.8) is 0 Å². The van der Waals surface area contributed by atoms with Gasteiger partial charge in [0, 0.05) is 18.4 Å². The molecule has 39 heavy (non-hydrogen) atoms. The van der Waals surface area contributed by atoms with Crippen molar-refractivity contribution in [3.05, 3.63) is 0 Å². The van der Waals surface area contributed by atoms with Crippen LogP contribution in [0.4, 0.5) is 0 Å². The van der Waals surface area contributed by atoms with Crippen molar-refractivity contribution in [1.29, 1.82) is 0 Å². The quantitative estimate of drug-likeness (QED) is 0.0515. The molecule has 4 heteroatoms. The second-order valence-corrected chi connectivity index (χ2v) is 12.6. The summed E-state index contributed by atoms with van der Waals surface area (Å²) in [6, 6.07) is 0. The normalized spacial score (nSPS) is 11.2. The Morgan fingerprint density at radius 1 is 0.564 bits per heavy atom. The first-order chi connectivity index (χ1) is 19.1. The summed E-state index contributed by atoms with van der Waals surface area (Å²) in [6.45, 7) is 10.0. The Labute approximate surface area is 254 Å². The van der Waals surface area contributed by atoms with Crippen LogP contribution in [0.2, 0.25) is 0 Å². The summed E-state index contributed by atoms with van der Waals surface area (Å²) < 4.78 is 5.49. The molecule has 0 atom stereocenters. The third-order valence-corrected chi connectivity index (χ3v) is 8.52. The van der Waals surface area contributed by atoms with Crippen LogP contribution in [0.15, 0.2) is 0 Å². The molecule has 0 bridgehead atoms. The van der Waals surface area contributed by atoms with E-state index in [4.69, 9.17) is 9.84 Å². The molecule has 0 heterocycles. The zero-order valence-corrected chi connectivity index (χ0v) is 28.7. The summed E-state index contributed by atoms with van der Waals surface area (Å²) in [5.74, 6) is 1.56. The molecule has 0 amide bonds. The highest BCUT2D eigenvalue weighted by molar-refractivity contribution is 9.09. The fourth-order valence-corrected chi connectivity index (χ4v) is 5.66. The minimum absolute atomic E-state index is 0.0151. The van der Waals surface area contributed by atoms with Crippen LogP contribution in [-0.4, -0.2) is 29.6 Å². The molecule has 0 aromatic rings. The summed E-state index contributed by atoms with van der Waals surface area (Å²) in [4.78, 5) is 11.9. The molecule has 1 N–H and O–H groups in total. The van der Waals surface area contributed by atoms with Gasteiger partial charge in [0.2, 0.25) is 0 Å². The lowest BCUT2D eigenvalue weighted by atomic mass is 9.92. The molecule has 0 unspecified atom stereocenters. The second kappa shape index (κ2) is 35.9. The van der Waals surface area contributed by atoms with Crippen LogP contribution in [0.1, 0.15) is 188 Å². The van der Waals surface area contributed by atoms with Gasteiger partial charge in [0.05, 0.1) is 6.61 Å². The maximum absolute atomic E-state index is 11.9. The van der Waals surface area contributed by atoms with Gasteiger partial charge in [-0.15, -0.1) is 0 Å². The molecule has 3 nitrogen and oxygen atoms in total. The van der Waals surface area contributed by atoms with E-state index in [1.165, 1.54) is 128 Å². The van der Waals surface area contributed by atoms with Gasteiger partial charge >= 0.3 is 5.97 Å². The summed E-state index contributed by atoms with van der Waals surface area (Å²) >= 11 is 3.46. The number of hydrogen-bond acceptors (Lipinski definition) is 3. The number of carbonyl (C=O) groups is 1. The lowest BCUT2D eigenvalue weighted by Crippen LogP contribution is -2.10. The van der Waals surface area contributed by atoms with Gasteiger partial charge in [-0.05, 0) is 37.5 Å². The highest BCUT2D eigenvalue weighted by Gasteiger charge is 2.10. The molecule has 0 rings (SSSR count). The van der Waals surface area contributed by atoms with E-state index in [0.29, 0.717) is 19.6 Å². The third kappa shape index (κ3) is 34.0. The molecular formula is C35H71BrO3. The van der Waals surface area contributed by atoms with E-state index < -0.39 is 0 Å². The predicted octanol–water partition coefficient (Wildman–Crippen LogP) is 12.0. The Bertz CT molecular complexity index is 437. The minimum Gasteiger partial charge on any atom is -0.466 e. The molecule has 0 spiro atoms. The molecule has 0 aliphatic carbocycles. The first-order valence-electron chi connectivity index (χ1n) is 17.4. The smallest absolute Gasteiger partial charge is 0.305 e. The number of ether oxygens (including phenoxy) is 1. The molecule has 0 radical (unpaired) electrons. The third-order valence-electron chi connectivity index (χ3n) is 7.95. The summed E-state index contributed by atoms with van der Waals surface area (Å²) in [5.41, 5.74) is 0. The van der Waals surface area contributed by atoms with E-state index in [1.807, 2.05) is 0 Å². The molecule has 0 saturated carbocycles. The zero-order chi connectivity index (χ0) is 29.2. The van der Waals surface area contributed by atoms with Crippen LogP contribution in [0.25, 0.3) is 0 Å². The fourth-order valence-electron chi connectivity index (χ4n) is 5.26. The van der Waals surface area contributed by atoms with Crippen LogP contribution in [0, 0.1) is 11.8 Å². The van der Waals surface area contributed by atoms with E-state index in [2.05, 4.69) is 43.6 Å². The van der Waals surface area contributed by atoms with Gasteiger partial charge in [-0.1, -0.05) is 172 Å². The van der Waals surface area contributed by atoms with E-state index >= 15 is 0 Å². The number of esters is 1. The number of aliphatic hydroxyl groups is 1. The molecule has 0 aliphatic heterocycles. The first kappa shape index (κ1) is 41.0. The largest absolute Gasteiger partial charge is 0.466 e. The molecule has 236 valence electrons. The predicted molar refractivity (Wildman–Crippen MR) is 177 cm³/mol. The lowest BCUT2D eigenvalue weighted by molar-refractivity contribution is -0.144. The van der Waals surface area contributed by atoms with Crippen LogP contribution in [0.5, 0.6) is 0 Å². The van der Waals surface area contributed by atoms with Gasteiger partial charge in [0.25, 0.3) is 0 Å². The van der Waals surface area contributed by atoms with Crippen molar-refractivity contribution >= 4 is 21.9 Å². The van der Waals surface area contributed by atoms with Gasteiger partial charge in [0.15, 0.2) is 0 Å². The Kier molecular flexibility index (Phi) is 37.8. The van der Waals surface area contributed by atoms with E-state index in [0.717, 1.165) is 42.8 Å². The van der Waals surface area contributed by atoms with Crippen molar-refractivity contribution < 1.29 is 14.6 Å². The van der Waals surface area contributed by atoms with Gasteiger partial charge in [-0.2, -0.15) is 0 Å². The number of rotatable bonds is 29. The number of halogens is 1. The highest BCUT2D eigenvalue weighted by Crippen LogP contribution is 2.22. The molecule has 0 aromatic carbocycles. The number of hydrogen-bond donors (Lipinski definition) is 1. The summed E-state index contributed by atoms with van der Waals surface area (Å²) in [7, 11) is 0. The van der Waals surface area contributed by atoms with Crippen molar-refractivity contribution in [2.75, 3.05) is 18.5 Å². The van der Waals surface area contributed by atoms with Crippen molar-refractivity contribution in [2.24, 2.45) is 11.8 Å². The standard InChI is InChI=1S/C22H43BrO2.C13H28O/c1-3-5-11-15-21(16-12-6-4-2)18-20-25-22(24)17-13-9-7-8-10-14-19-23;1-3-5-7-9-13(11-12-14)10-8-6-4-2/h21H,3-20H2,1-2H3;13-14H,3-12H2,1-2H3. The average Bonchev–Trinajstić information content (AvgIpc) is 2.93. The van der Waals surface area contributed by atoms with E-state index in [1.54, 1.807) is 0 Å². The number of unbranched alkanes of at least 4 members (excludes halogenated alkanes) is 13. The van der Waals surface area contributed by atoms with E-state index in [-0.39, 0.29) is 5.97 Å². The molecular weight excluding hydrogens is 548 g/mol. The summed E-state index contributed by atoms with van der Waals surface area (Å²) in [5, 5.41) is 10.1. The maximum atomic E-state index is 11.9. The average molecular weight is 620 g/mol. The second-order valence-electron chi connectivity index (χ2n) is 11.8. The van der Waals surface area contributed by atoms with Crippen molar-refractivity contribution in [3.8, 4) is 0 Å². The van der Waals surface area contributed by atoms with Gasteiger partial charge in [-0.3, -0.25) is 4.79 Å². The van der Waals surface area contributed by atoms with Crippen LogP contribution >= 0.6 is 15.9 Å². The van der Waals surface area contributed by atoms with Gasteiger partial charge < -0.3 is 9.84 Å². The Morgan fingerprint density at radius 3 is 1.38 bits per heavy atom. The molecule has 0 aromatic heterocycles. The number of aliphatic hydroxyl groups excluding tert-OH is 1. The van der Waals surface area contributed by atoms with Crippen LogP contribution in [-0.2, 0) is 9.53 Å². The Balaban J connectivity index is 0. The van der Waals surface area contributed by atoms with Crippen molar-refractivity contribution in [2.45, 2.75) is 188 Å². The molecule has 0 fully saturated rings. The zero-order valence-electron chi connectivity index (χ0n) is 27.1. The lowest BCUT2D eigenvalue weighted by Gasteiger charge is -2.16. The topological polar surface area (TPSA) is 46.5 Å². The maximum Gasteiger partial charge on any atom is 0.305 e. The number of carbonyl (C=O) groups excluding carboxylic acids is 1. The first-order valence-corrected chi connectivity index (χ1v) is 18.5. The van der Waals surface area contributed by atoms with E-state index in [9.17, 15) is 4.79 Å². The monoisotopic (exact) mass is 618 g/mol. The molecule has 0 aliphatic rings. The Hall–Kier alpha value is -0.0900. The molecule has 0 saturated heterocycles. The highest BCUT2D eigenvalue weighted by atomic mass is 79.9. The number of alkyl halides is 1. The van der Waals surface area contributed by atoms with Crippen LogP contribution < -0.4 is 0 Å². The fraction of sp³-hybridized carbons (Fsp3) is 0.971. The minimum atomic E-state index is 0.0151. The SMILES string of the molecule is CCCCCC(CCCCC)CCOC(=O)CCCCCCCCBr.CCCCCC(CCO)CCCCC. The van der Waals surface area contributed by atoms with Crippen molar-refractivity contribution in [1.82, 2.24) is 0 Å². The summed E-state index contributed by atoms with van der Waals surface area (Å²) in [6.07, 6.45) is 31.1. The Morgan fingerprint density at radius 2 is 0.974 bits per heavy atom. The van der Waals surface area contributed by atoms with Gasteiger partial charge in [0.1, 0.15) is 0 Å². The van der Waals surface area contributed by atoms with Crippen LogP contribution in [0.3, 0.4) is 0 Å². The van der Waals surface area contributed by atoms with Gasteiger partial charge in [-0.25, -0.2) is 0 Å².